The number of H-pyrrole nitrogens is 1. The monoisotopic (exact) mass is 379 g/mol. The molecule has 1 aliphatic rings. The molecule has 28 heavy (non-hydrogen) atoms. The molecule has 0 bridgehead atoms. The number of aromatic amines is 1. The number of imidazole rings is 1. The fourth-order valence-electron chi connectivity index (χ4n) is 3.33. The van der Waals surface area contributed by atoms with Gasteiger partial charge in [0.2, 0.25) is 5.91 Å². The maximum atomic E-state index is 12.5. The number of anilines is 1. The normalized spacial score (nSPS) is 13.5. The summed E-state index contributed by atoms with van der Waals surface area (Å²) in [5.41, 5.74) is 3.50. The van der Waals surface area contributed by atoms with Gasteiger partial charge in [0.25, 0.3) is 0 Å². The summed E-state index contributed by atoms with van der Waals surface area (Å²) >= 11 is 0. The van der Waals surface area contributed by atoms with E-state index in [1.807, 2.05) is 36.4 Å². The second-order valence-corrected chi connectivity index (χ2v) is 7.57. The lowest BCUT2D eigenvalue weighted by Crippen LogP contribution is -2.14. The van der Waals surface area contributed by atoms with Gasteiger partial charge >= 0.3 is 0 Å². The first-order valence-corrected chi connectivity index (χ1v) is 9.74. The Kier molecular flexibility index (Phi) is 5.19. The van der Waals surface area contributed by atoms with Crippen molar-refractivity contribution in [1.29, 1.82) is 0 Å². The number of ether oxygens (including phenoxy) is 2. The molecule has 0 saturated heterocycles. The Hall–Kier alpha value is -3.02. The first kappa shape index (κ1) is 18.3. The summed E-state index contributed by atoms with van der Waals surface area (Å²) in [5.74, 6) is 2.88. The Bertz CT molecular complexity index is 994. The van der Waals surface area contributed by atoms with Crippen molar-refractivity contribution in [3.05, 3.63) is 47.8 Å². The largest absolute Gasteiger partial charge is 0.490 e. The lowest BCUT2D eigenvalue weighted by molar-refractivity contribution is -0.115. The van der Waals surface area contributed by atoms with Crippen molar-refractivity contribution in [2.45, 2.75) is 33.1 Å². The lowest BCUT2D eigenvalue weighted by atomic mass is 10.1. The first-order chi connectivity index (χ1) is 13.6. The zero-order valence-electron chi connectivity index (χ0n) is 16.2. The van der Waals surface area contributed by atoms with Gasteiger partial charge in [-0.3, -0.25) is 4.79 Å². The molecule has 0 aliphatic carbocycles. The first-order valence-electron chi connectivity index (χ1n) is 9.74. The highest BCUT2D eigenvalue weighted by atomic mass is 16.5. The van der Waals surface area contributed by atoms with Crippen LogP contribution in [-0.2, 0) is 17.6 Å². The number of benzene rings is 2. The molecule has 2 aromatic carbocycles. The molecule has 6 heteroatoms. The Balaban J connectivity index is 1.44. The van der Waals surface area contributed by atoms with Gasteiger partial charge in [0.1, 0.15) is 5.82 Å². The molecule has 1 aliphatic heterocycles. The molecule has 0 unspecified atom stereocenters. The third-order valence-electron chi connectivity index (χ3n) is 4.59. The Morgan fingerprint density at radius 2 is 1.96 bits per heavy atom. The molecule has 0 saturated carbocycles. The van der Waals surface area contributed by atoms with E-state index in [0.29, 0.717) is 24.9 Å². The molecule has 0 radical (unpaired) electrons. The predicted molar refractivity (Wildman–Crippen MR) is 109 cm³/mol. The number of carbonyl (C=O) groups is 1. The molecular formula is C22H25N3O3. The maximum absolute atomic E-state index is 12.5. The molecular weight excluding hydrogens is 354 g/mol. The summed E-state index contributed by atoms with van der Waals surface area (Å²) in [6.07, 6.45) is 2.04. The van der Waals surface area contributed by atoms with Crippen LogP contribution in [0.3, 0.4) is 0 Å². The Labute approximate surface area is 164 Å². The molecule has 3 aromatic rings. The second kappa shape index (κ2) is 7.92. The highest BCUT2D eigenvalue weighted by molar-refractivity contribution is 5.94. The summed E-state index contributed by atoms with van der Waals surface area (Å²) in [6.45, 7) is 5.62. The number of aromatic nitrogens is 2. The van der Waals surface area contributed by atoms with Crippen LogP contribution in [0.2, 0.25) is 0 Å². The molecule has 2 N–H and O–H groups in total. The van der Waals surface area contributed by atoms with Gasteiger partial charge in [-0.05, 0) is 41.8 Å². The lowest BCUT2D eigenvalue weighted by Gasteiger charge is -2.10. The van der Waals surface area contributed by atoms with Crippen LogP contribution in [0.1, 0.15) is 31.7 Å². The minimum Gasteiger partial charge on any atom is -0.490 e. The van der Waals surface area contributed by atoms with E-state index in [0.717, 1.165) is 46.7 Å². The predicted octanol–water partition coefficient (Wildman–Crippen LogP) is 4.10. The third-order valence-corrected chi connectivity index (χ3v) is 4.59. The van der Waals surface area contributed by atoms with Gasteiger partial charge in [-0.25, -0.2) is 4.98 Å². The molecule has 2 heterocycles. The van der Waals surface area contributed by atoms with Crippen LogP contribution in [0.5, 0.6) is 11.5 Å². The molecule has 4 rings (SSSR count). The van der Waals surface area contributed by atoms with Crippen LogP contribution >= 0.6 is 0 Å². The van der Waals surface area contributed by atoms with Gasteiger partial charge in [0.15, 0.2) is 11.5 Å². The summed E-state index contributed by atoms with van der Waals surface area (Å²) in [7, 11) is 0. The number of fused-ring (bicyclic) bond motifs is 2. The smallest absolute Gasteiger partial charge is 0.228 e. The van der Waals surface area contributed by atoms with Crippen LogP contribution < -0.4 is 14.8 Å². The summed E-state index contributed by atoms with van der Waals surface area (Å²) in [5, 5.41) is 2.97. The van der Waals surface area contributed by atoms with Crippen LogP contribution in [-0.4, -0.2) is 29.1 Å². The van der Waals surface area contributed by atoms with E-state index in [1.54, 1.807) is 0 Å². The van der Waals surface area contributed by atoms with Crippen LogP contribution in [0.15, 0.2) is 36.4 Å². The highest BCUT2D eigenvalue weighted by Crippen LogP contribution is 2.30. The number of carbonyl (C=O) groups excluding carboxylic acids is 1. The van der Waals surface area contributed by atoms with Gasteiger partial charge in [-0.1, -0.05) is 19.9 Å². The van der Waals surface area contributed by atoms with Crippen molar-refractivity contribution in [3.63, 3.8) is 0 Å². The number of hydrogen-bond donors (Lipinski definition) is 2. The Morgan fingerprint density at radius 1 is 1.14 bits per heavy atom. The van der Waals surface area contributed by atoms with Crippen molar-refractivity contribution in [3.8, 4) is 11.5 Å². The quantitative estimate of drug-likeness (QED) is 0.700. The molecule has 146 valence electrons. The number of hydrogen-bond acceptors (Lipinski definition) is 4. The van der Waals surface area contributed by atoms with Gasteiger partial charge in [0, 0.05) is 18.5 Å². The SMILES string of the molecule is CC(C)Cc1nc2ccc(NC(=O)Cc3ccc4c(c3)OCCCO4)cc2[nH]1. The molecule has 0 atom stereocenters. The zero-order chi connectivity index (χ0) is 19.5. The molecule has 6 nitrogen and oxygen atoms in total. The summed E-state index contributed by atoms with van der Waals surface area (Å²) in [4.78, 5) is 20.4. The van der Waals surface area contributed by atoms with Crippen molar-refractivity contribution < 1.29 is 14.3 Å². The van der Waals surface area contributed by atoms with Gasteiger partial charge in [-0.15, -0.1) is 0 Å². The highest BCUT2D eigenvalue weighted by Gasteiger charge is 2.13. The second-order valence-electron chi connectivity index (χ2n) is 7.57. The van der Waals surface area contributed by atoms with Crippen molar-refractivity contribution in [1.82, 2.24) is 9.97 Å². The fourth-order valence-corrected chi connectivity index (χ4v) is 3.33. The molecule has 1 aromatic heterocycles. The van der Waals surface area contributed by atoms with Gasteiger partial charge < -0.3 is 19.8 Å². The van der Waals surface area contributed by atoms with Gasteiger partial charge in [-0.2, -0.15) is 0 Å². The van der Waals surface area contributed by atoms with E-state index in [9.17, 15) is 4.79 Å². The number of nitrogens with one attached hydrogen (secondary N) is 2. The Morgan fingerprint density at radius 3 is 2.79 bits per heavy atom. The summed E-state index contributed by atoms with van der Waals surface area (Å²) in [6, 6.07) is 11.4. The van der Waals surface area contributed by atoms with Crippen LogP contribution in [0, 0.1) is 5.92 Å². The van der Waals surface area contributed by atoms with Crippen LogP contribution in [0.25, 0.3) is 11.0 Å². The van der Waals surface area contributed by atoms with Crippen molar-refractivity contribution in [2.75, 3.05) is 18.5 Å². The number of amides is 1. The number of nitrogens with zero attached hydrogens (tertiary/aromatic N) is 1. The average Bonchev–Trinajstić information content (AvgIpc) is 2.88. The maximum Gasteiger partial charge on any atom is 0.228 e. The summed E-state index contributed by atoms with van der Waals surface area (Å²) < 4.78 is 11.3. The minimum atomic E-state index is -0.0734. The topological polar surface area (TPSA) is 76.2 Å². The zero-order valence-corrected chi connectivity index (χ0v) is 16.2. The van der Waals surface area contributed by atoms with Gasteiger partial charge in [0.05, 0.1) is 30.7 Å². The minimum absolute atomic E-state index is 0.0734. The van der Waals surface area contributed by atoms with Crippen molar-refractivity contribution >= 4 is 22.6 Å². The van der Waals surface area contributed by atoms with E-state index in [1.165, 1.54) is 0 Å². The van der Waals surface area contributed by atoms with Crippen molar-refractivity contribution in [2.24, 2.45) is 5.92 Å². The molecule has 0 spiro atoms. The van der Waals surface area contributed by atoms with E-state index in [2.05, 4.69) is 29.1 Å². The third kappa shape index (κ3) is 4.27. The molecule has 0 fully saturated rings. The standard InChI is InChI=1S/C22H25N3O3/c1-14(2)10-21-24-17-6-5-16(13-18(17)25-21)23-22(26)12-15-4-7-19-20(11-15)28-9-3-8-27-19/h4-7,11,13-14H,3,8-10,12H2,1-2H3,(H,23,26)(H,24,25). The van der Waals surface area contributed by atoms with E-state index in [4.69, 9.17) is 9.47 Å². The van der Waals surface area contributed by atoms with E-state index in [-0.39, 0.29) is 12.3 Å². The average molecular weight is 379 g/mol. The molecule has 1 amide bonds. The number of rotatable bonds is 5. The van der Waals surface area contributed by atoms with E-state index >= 15 is 0 Å². The van der Waals surface area contributed by atoms with Crippen LogP contribution in [0.4, 0.5) is 5.69 Å². The fraction of sp³-hybridized carbons (Fsp3) is 0.364. The van der Waals surface area contributed by atoms with E-state index < -0.39 is 0 Å².